The number of nitrogens with zero attached hydrogens (tertiary/aromatic N) is 6. The lowest BCUT2D eigenvalue weighted by molar-refractivity contribution is 0.122. The molecule has 1 aromatic carbocycles. The van der Waals surface area contributed by atoms with Crippen LogP contribution in [0.3, 0.4) is 0 Å². The number of morpholine rings is 1. The van der Waals surface area contributed by atoms with Gasteiger partial charge in [-0.2, -0.15) is 0 Å². The Hall–Kier alpha value is -3.20. The van der Waals surface area contributed by atoms with Crippen LogP contribution in [-0.4, -0.2) is 67.0 Å². The van der Waals surface area contributed by atoms with E-state index >= 15 is 0 Å². The van der Waals surface area contributed by atoms with Crippen LogP contribution < -0.4 is 19.3 Å². The summed E-state index contributed by atoms with van der Waals surface area (Å²) in [5.74, 6) is 3.18. The van der Waals surface area contributed by atoms with Crippen molar-refractivity contribution in [3.05, 3.63) is 35.9 Å². The van der Waals surface area contributed by atoms with Gasteiger partial charge in [-0.05, 0) is 29.7 Å². The van der Waals surface area contributed by atoms with Crippen molar-refractivity contribution >= 4 is 22.7 Å². The van der Waals surface area contributed by atoms with Crippen molar-refractivity contribution in [1.29, 1.82) is 0 Å². The Morgan fingerprint density at radius 1 is 0.767 bits per heavy atom. The normalized spacial score (nSPS) is 16.5. The summed E-state index contributed by atoms with van der Waals surface area (Å²) in [6.45, 7) is 4.54. The van der Waals surface area contributed by atoms with Gasteiger partial charge in [-0.3, -0.25) is 0 Å². The SMILES string of the molecule is COc1cc2c(cc1OC)CN(c1ncnc3c(N4CCOCC4)ncnc13)CC2. The Bertz CT molecular complexity index is 1070. The van der Waals surface area contributed by atoms with Crippen LogP contribution >= 0.6 is 0 Å². The average molecular weight is 408 g/mol. The van der Waals surface area contributed by atoms with E-state index in [4.69, 9.17) is 14.2 Å². The van der Waals surface area contributed by atoms with Gasteiger partial charge < -0.3 is 24.0 Å². The summed E-state index contributed by atoms with van der Waals surface area (Å²) in [6.07, 6.45) is 4.10. The number of rotatable bonds is 4. The molecule has 0 bridgehead atoms. The molecule has 0 radical (unpaired) electrons. The first-order valence-electron chi connectivity index (χ1n) is 10.1. The number of ether oxygens (including phenoxy) is 3. The maximum Gasteiger partial charge on any atom is 0.161 e. The quantitative estimate of drug-likeness (QED) is 0.642. The Kier molecular flexibility index (Phi) is 4.96. The molecule has 1 saturated heterocycles. The van der Waals surface area contributed by atoms with Gasteiger partial charge in [0.05, 0.1) is 27.4 Å². The third-order valence-electron chi connectivity index (χ3n) is 5.71. The molecule has 0 N–H and O–H groups in total. The first kappa shape index (κ1) is 18.8. The van der Waals surface area contributed by atoms with Gasteiger partial charge in [0.2, 0.25) is 0 Å². The fraction of sp³-hybridized carbons (Fsp3) is 0.429. The van der Waals surface area contributed by atoms with Crippen LogP contribution in [0.1, 0.15) is 11.1 Å². The van der Waals surface area contributed by atoms with Crippen molar-refractivity contribution in [3.63, 3.8) is 0 Å². The molecule has 2 aromatic heterocycles. The number of fused-ring (bicyclic) bond motifs is 2. The summed E-state index contributed by atoms with van der Waals surface area (Å²) in [7, 11) is 3.32. The maximum absolute atomic E-state index is 5.49. The van der Waals surface area contributed by atoms with E-state index in [1.165, 1.54) is 11.1 Å². The molecule has 0 spiro atoms. The molecule has 5 rings (SSSR count). The topological polar surface area (TPSA) is 85.7 Å². The molecule has 2 aliphatic rings. The second-order valence-electron chi connectivity index (χ2n) is 7.34. The van der Waals surface area contributed by atoms with Crippen molar-refractivity contribution in [2.45, 2.75) is 13.0 Å². The largest absolute Gasteiger partial charge is 0.493 e. The molecule has 0 atom stereocenters. The summed E-state index contributed by atoms with van der Waals surface area (Å²) >= 11 is 0. The molecular weight excluding hydrogens is 384 g/mol. The Labute approximate surface area is 174 Å². The Morgan fingerprint density at radius 2 is 1.37 bits per heavy atom. The predicted molar refractivity (Wildman–Crippen MR) is 112 cm³/mol. The molecule has 4 heterocycles. The predicted octanol–water partition coefficient (Wildman–Crippen LogP) is 1.84. The molecule has 0 amide bonds. The van der Waals surface area contributed by atoms with Crippen molar-refractivity contribution in [2.24, 2.45) is 0 Å². The van der Waals surface area contributed by atoms with Crippen LogP contribution in [0.5, 0.6) is 11.5 Å². The highest BCUT2D eigenvalue weighted by molar-refractivity contribution is 5.92. The second-order valence-corrected chi connectivity index (χ2v) is 7.34. The van der Waals surface area contributed by atoms with Crippen molar-refractivity contribution in [3.8, 4) is 11.5 Å². The molecule has 9 nitrogen and oxygen atoms in total. The van der Waals surface area contributed by atoms with Crippen molar-refractivity contribution in [1.82, 2.24) is 19.9 Å². The van der Waals surface area contributed by atoms with Crippen LogP contribution in [0.4, 0.5) is 11.6 Å². The third-order valence-corrected chi connectivity index (χ3v) is 5.71. The molecule has 9 heteroatoms. The van der Waals surface area contributed by atoms with Gasteiger partial charge in [-0.1, -0.05) is 0 Å². The maximum atomic E-state index is 5.49. The van der Waals surface area contributed by atoms with Crippen LogP contribution in [0.25, 0.3) is 11.0 Å². The van der Waals surface area contributed by atoms with Gasteiger partial charge in [-0.25, -0.2) is 19.9 Å². The third kappa shape index (κ3) is 3.24. The van der Waals surface area contributed by atoms with Crippen LogP contribution in [0, 0.1) is 0 Å². The number of anilines is 2. The molecule has 0 aliphatic carbocycles. The van der Waals surface area contributed by atoms with Crippen LogP contribution in [-0.2, 0) is 17.7 Å². The van der Waals surface area contributed by atoms with Crippen molar-refractivity contribution in [2.75, 3.05) is 56.9 Å². The van der Waals surface area contributed by atoms with E-state index < -0.39 is 0 Å². The average Bonchev–Trinajstić information content (AvgIpc) is 2.82. The highest BCUT2D eigenvalue weighted by Crippen LogP contribution is 2.35. The number of benzene rings is 1. The molecule has 3 aromatic rings. The zero-order valence-corrected chi connectivity index (χ0v) is 17.2. The van der Waals surface area contributed by atoms with E-state index in [1.807, 2.05) is 0 Å². The highest BCUT2D eigenvalue weighted by atomic mass is 16.5. The standard InChI is InChI=1S/C21H24N6O3/c1-28-16-9-14-3-4-27(11-15(14)10-17(16)29-2)21-19-18(22-13-25-21)20(24-12-23-19)26-5-7-30-8-6-26/h9-10,12-13H,3-8,11H2,1-2H3. The monoisotopic (exact) mass is 408 g/mol. The van der Waals surface area contributed by atoms with Gasteiger partial charge in [0.25, 0.3) is 0 Å². The van der Waals surface area contributed by atoms with Gasteiger partial charge in [-0.15, -0.1) is 0 Å². The Balaban J connectivity index is 1.51. The summed E-state index contributed by atoms with van der Waals surface area (Å²) in [5.41, 5.74) is 4.03. The minimum Gasteiger partial charge on any atom is -0.493 e. The van der Waals surface area contributed by atoms with Gasteiger partial charge in [0, 0.05) is 26.2 Å². The fourth-order valence-corrected chi connectivity index (χ4v) is 4.16. The lowest BCUT2D eigenvalue weighted by Crippen LogP contribution is -2.37. The van der Waals surface area contributed by atoms with Gasteiger partial charge in [0.1, 0.15) is 23.7 Å². The van der Waals surface area contributed by atoms with E-state index in [2.05, 4.69) is 41.9 Å². The van der Waals surface area contributed by atoms with E-state index in [9.17, 15) is 0 Å². The summed E-state index contributed by atoms with van der Waals surface area (Å²) in [5, 5.41) is 0. The van der Waals surface area contributed by atoms with Crippen LogP contribution in [0.15, 0.2) is 24.8 Å². The van der Waals surface area contributed by atoms with E-state index in [0.717, 1.165) is 66.8 Å². The number of methoxy groups -OCH3 is 2. The first-order valence-corrected chi connectivity index (χ1v) is 10.1. The van der Waals surface area contributed by atoms with Gasteiger partial charge in [0.15, 0.2) is 23.1 Å². The highest BCUT2D eigenvalue weighted by Gasteiger charge is 2.24. The summed E-state index contributed by atoms with van der Waals surface area (Å²) in [6, 6.07) is 4.13. The first-order chi connectivity index (χ1) is 14.8. The van der Waals surface area contributed by atoms with E-state index in [1.54, 1.807) is 26.9 Å². The number of hydrogen-bond donors (Lipinski definition) is 0. The molecule has 2 aliphatic heterocycles. The number of hydrogen-bond acceptors (Lipinski definition) is 9. The molecular formula is C21H24N6O3. The van der Waals surface area contributed by atoms with E-state index in [-0.39, 0.29) is 0 Å². The molecule has 0 unspecified atom stereocenters. The lowest BCUT2D eigenvalue weighted by Gasteiger charge is -2.31. The molecule has 0 saturated carbocycles. The van der Waals surface area contributed by atoms with Gasteiger partial charge >= 0.3 is 0 Å². The fourth-order valence-electron chi connectivity index (χ4n) is 4.16. The molecule has 1 fully saturated rings. The smallest absolute Gasteiger partial charge is 0.161 e. The summed E-state index contributed by atoms with van der Waals surface area (Å²) in [4.78, 5) is 22.6. The zero-order chi connectivity index (χ0) is 20.5. The number of aromatic nitrogens is 4. The minimum absolute atomic E-state index is 0.692. The summed E-state index contributed by atoms with van der Waals surface area (Å²) < 4.78 is 16.4. The molecule has 30 heavy (non-hydrogen) atoms. The van der Waals surface area contributed by atoms with Crippen molar-refractivity contribution < 1.29 is 14.2 Å². The minimum atomic E-state index is 0.692. The second kappa shape index (κ2) is 7.91. The van der Waals surface area contributed by atoms with E-state index in [0.29, 0.717) is 13.2 Å². The zero-order valence-electron chi connectivity index (χ0n) is 17.2. The molecule has 156 valence electrons. The lowest BCUT2D eigenvalue weighted by atomic mass is 9.98. The van der Waals surface area contributed by atoms with Crippen LogP contribution in [0.2, 0.25) is 0 Å². The Morgan fingerprint density at radius 3 is 2.00 bits per heavy atom.